The molecule has 1 aliphatic carbocycles. The first-order valence-electron chi connectivity index (χ1n) is 14.0. The Balaban J connectivity index is 1.48. The third-order valence-corrected chi connectivity index (χ3v) is 8.45. The topological polar surface area (TPSA) is 258 Å². The van der Waals surface area contributed by atoms with Crippen molar-refractivity contribution in [1.29, 1.82) is 0 Å². The fraction of sp³-hybridized carbons (Fsp3) is 1.00. The first-order valence-corrected chi connectivity index (χ1v) is 14.0. The smallest absolute Gasteiger partial charge is 0.187 e. The lowest BCUT2D eigenvalue weighted by Crippen LogP contribution is -2.65. The van der Waals surface area contributed by atoms with E-state index in [1.165, 1.54) is 6.92 Å². The Morgan fingerprint density at radius 2 is 1.05 bits per heavy atom. The molecule has 3 aliphatic heterocycles. The van der Waals surface area contributed by atoms with Crippen LogP contribution in [0, 0.1) is 5.92 Å². The Bertz CT molecular complexity index is 820. The summed E-state index contributed by atoms with van der Waals surface area (Å²) in [4.78, 5) is 0. The van der Waals surface area contributed by atoms with Crippen LogP contribution in [0.3, 0.4) is 0 Å². The van der Waals surface area contributed by atoms with E-state index >= 15 is 0 Å². The van der Waals surface area contributed by atoms with E-state index < -0.39 is 118 Å². The molecule has 16 heteroatoms. The Labute approximate surface area is 236 Å². The minimum absolute atomic E-state index is 0.134. The number of aliphatic hydroxyl groups excluding tert-OH is 10. The van der Waals surface area contributed by atoms with Crippen LogP contribution in [-0.2, 0) is 28.4 Å². The van der Waals surface area contributed by atoms with Crippen molar-refractivity contribution in [2.75, 3.05) is 13.2 Å². The van der Waals surface area contributed by atoms with Gasteiger partial charge in [0.25, 0.3) is 0 Å². The summed E-state index contributed by atoms with van der Waals surface area (Å²) >= 11 is 0. The summed E-state index contributed by atoms with van der Waals surface area (Å²) in [6.07, 6.45) is -22.0. The highest BCUT2D eigenvalue weighted by Gasteiger charge is 2.52. The van der Waals surface area contributed by atoms with E-state index in [1.807, 2.05) is 6.92 Å². The van der Waals surface area contributed by atoms with Crippen molar-refractivity contribution in [1.82, 2.24) is 0 Å². The van der Waals surface area contributed by atoms with Gasteiger partial charge in [-0.25, -0.2) is 0 Å². The molecule has 41 heavy (non-hydrogen) atoms. The average Bonchev–Trinajstić information content (AvgIpc) is 2.95. The highest BCUT2D eigenvalue weighted by atomic mass is 16.8. The van der Waals surface area contributed by atoms with Crippen molar-refractivity contribution in [2.24, 2.45) is 5.92 Å². The van der Waals surface area contributed by atoms with E-state index in [2.05, 4.69) is 0 Å². The summed E-state index contributed by atoms with van der Waals surface area (Å²) in [5.74, 6) is -0.134. The third kappa shape index (κ3) is 6.88. The maximum atomic E-state index is 11.1. The second-order valence-electron chi connectivity index (χ2n) is 11.4. The van der Waals surface area contributed by atoms with Gasteiger partial charge < -0.3 is 79.5 Å². The first kappa shape index (κ1) is 33.3. The van der Waals surface area contributed by atoms with Gasteiger partial charge in [0.2, 0.25) is 0 Å². The van der Waals surface area contributed by atoms with Crippen LogP contribution in [0.15, 0.2) is 0 Å². The van der Waals surface area contributed by atoms with Gasteiger partial charge in [-0.05, 0) is 25.7 Å². The maximum Gasteiger partial charge on any atom is 0.187 e. The lowest BCUT2D eigenvalue weighted by atomic mass is 9.85. The SMILES string of the molecule is CC1CCCC(OC2OC(CO)C(O)C(OC3OC(CO)C(O)C(O)C3O)C2O)C1OC1OC(C)C(O)C(O)C1O. The molecule has 4 rings (SSSR count). The Hall–Kier alpha value is -0.640. The van der Waals surface area contributed by atoms with Crippen LogP contribution in [0.2, 0.25) is 0 Å². The number of aliphatic hydroxyl groups is 10. The molecule has 0 radical (unpaired) electrons. The van der Waals surface area contributed by atoms with Crippen LogP contribution in [0.4, 0.5) is 0 Å². The molecule has 0 spiro atoms. The van der Waals surface area contributed by atoms with Crippen molar-refractivity contribution in [3.63, 3.8) is 0 Å². The molecular weight excluding hydrogens is 556 g/mol. The lowest BCUT2D eigenvalue weighted by Gasteiger charge is -2.48. The summed E-state index contributed by atoms with van der Waals surface area (Å²) in [5, 5.41) is 102. The molecule has 0 amide bonds. The van der Waals surface area contributed by atoms with Crippen molar-refractivity contribution < 1.29 is 79.5 Å². The number of hydrogen-bond donors (Lipinski definition) is 10. The molecule has 18 unspecified atom stereocenters. The van der Waals surface area contributed by atoms with Gasteiger partial charge >= 0.3 is 0 Å². The maximum absolute atomic E-state index is 11.1. The minimum Gasteiger partial charge on any atom is -0.394 e. The van der Waals surface area contributed by atoms with Crippen LogP contribution in [-0.4, -0.2) is 169 Å². The van der Waals surface area contributed by atoms with E-state index in [4.69, 9.17) is 28.4 Å². The van der Waals surface area contributed by atoms with Crippen LogP contribution in [0.25, 0.3) is 0 Å². The summed E-state index contributed by atoms with van der Waals surface area (Å²) in [7, 11) is 0. The van der Waals surface area contributed by atoms with E-state index in [1.54, 1.807) is 0 Å². The molecule has 3 saturated heterocycles. The largest absolute Gasteiger partial charge is 0.394 e. The zero-order valence-corrected chi connectivity index (χ0v) is 22.8. The van der Waals surface area contributed by atoms with Gasteiger partial charge in [-0.15, -0.1) is 0 Å². The zero-order valence-electron chi connectivity index (χ0n) is 22.8. The normalized spacial score (nSPS) is 53.3. The van der Waals surface area contributed by atoms with Crippen molar-refractivity contribution in [3.05, 3.63) is 0 Å². The van der Waals surface area contributed by atoms with Crippen molar-refractivity contribution in [3.8, 4) is 0 Å². The molecule has 4 fully saturated rings. The number of hydrogen-bond acceptors (Lipinski definition) is 16. The van der Waals surface area contributed by atoms with Crippen molar-refractivity contribution >= 4 is 0 Å². The molecule has 0 aromatic carbocycles. The van der Waals surface area contributed by atoms with Crippen LogP contribution < -0.4 is 0 Å². The highest BCUT2D eigenvalue weighted by Crippen LogP contribution is 2.36. The quantitative estimate of drug-likeness (QED) is 0.125. The molecular formula is C25H44O16. The Morgan fingerprint density at radius 3 is 1.66 bits per heavy atom. The Kier molecular flexibility index (Phi) is 11.3. The standard InChI is InChI=1S/C25H44O16/c1-8-4-3-5-10(21(8)40-23-18(33)16(31)13(28)9(2)36-23)37-25-20(35)22(15(30)12(7-27)39-25)41-24-19(34)17(32)14(29)11(6-26)38-24/h8-35H,3-7H2,1-2H3. The van der Waals surface area contributed by atoms with Gasteiger partial charge in [0.1, 0.15) is 67.1 Å². The van der Waals surface area contributed by atoms with Gasteiger partial charge in [-0.2, -0.15) is 0 Å². The van der Waals surface area contributed by atoms with Crippen molar-refractivity contribution in [2.45, 2.75) is 137 Å². The third-order valence-electron chi connectivity index (χ3n) is 8.45. The molecule has 0 aromatic heterocycles. The fourth-order valence-corrected chi connectivity index (χ4v) is 5.82. The molecule has 1 saturated carbocycles. The molecule has 0 bridgehead atoms. The fourth-order valence-electron chi connectivity index (χ4n) is 5.82. The lowest BCUT2D eigenvalue weighted by molar-refractivity contribution is -0.371. The van der Waals surface area contributed by atoms with Gasteiger partial charge in [-0.3, -0.25) is 0 Å². The van der Waals surface area contributed by atoms with E-state index in [9.17, 15) is 51.1 Å². The predicted octanol–water partition coefficient (Wildman–Crippen LogP) is -4.97. The van der Waals surface area contributed by atoms with Gasteiger partial charge in [0.05, 0.1) is 31.5 Å². The minimum atomic E-state index is -1.81. The molecule has 4 aliphatic rings. The molecule has 3 heterocycles. The van der Waals surface area contributed by atoms with Crippen LogP contribution >= 0.6 is 0 Å². The predicted molar refractivity (Wildman–Crippen MR) is 132 cm³/mol. The molecule has 10 N–H and O–H groups in total. The van der Waals surface area contributed by atoms with E-state index in [-0.39, 0.29) is 5.92 Å². The highest BCUT2D eigenvalue weighted by molar-refractivity contribution is 4.95. The second-order valence-corrected chi connectivity index (χ2v) is 11.4. The monoisotopic (exact) mass is 600 g/mol. The van der Waals surface area contributed by atoms with Crippen LogP contribution in [0.5, 0.6) is 0 Å². The molecule has 240 valence electrons. The summed E-state index contributed by atoms with van der Waals surface area (Å²) in [6.45, 7) is 1.98. The second kappa shape index (κ2) is 14.0. The van der Waals surface area contributed by atoms with Gasteiger partial charge in [0, 0.05) is 0 Å². The number of rotatable bonds is 8. The summed E-state index contributed by atoms with van der Waals surface area (Å²) in [6, 6.07) is 0. The summed E-state index contributed by atoms with van der Waals surface area (Å²) < 4.78 is 34.4. The first-order chi connectivity index (χ1) is 19.4. The van der Waals surface area contributed by atoms with Gasteiger partial charge in [-0.1, -0.05) is 13.3 Å². The Morgan fingerprint density at radius 1 is 0.537 bits per heavy atom. The average molecular weight is 601 g/mol. The zero-order chi connectivity index (χ0) is 30.2. The molecule has 18 atom stereocenters. The van der Waals surface area contributed by atoms with E-state index in [0.29, 0.717) is 12.8 Å². The molecule has 16 nitrogen and oxygen atoms in total. The van der Waals surface area contributed by atoms with Crippen LogP contribution in [0.1, 0.15) is 33.1 Å². The van der Waals surface area contributed by atoms with Gasteiger partial charge in [0.15, 0.2) is 18.9 Å². The summed E-state index contributed by atoms with van der Waals surface area (Å²) in [5.41, 5.74) is 0. The van der Waals surface area contributed by atoms with E-state index in [0.717, 1.165) is 6.42 Å². The molecule has 0 aromatic rings. The number of ether oxygens (including phenoxy) is 6.